The van der Waals surface area contributed by atoms with Crippen molar-refractivity contribution in [1.29, 1.82) is 0 Å². The minimum Gasteiger partial charge on any atom is -0.475 e. The molecule has 2 N–H and O–H groups in total. The second-order valence-electron chi connectivity index (χ2n) is 5.34. The number of aliphatic imine (C=N–C) groups is 1. The van der Waals surface area contributed by atoms with Gasteiger partial charge in [-0.2, -0.15) is 0 Å². The number of aromatic nitrogens is 1. The number of nitrogens with zero attached hydrogens (tertiary/aromatic N) is 2. The molecule has 138 valence electrons. The Morgan fingerprint density at radius 3 is 2.50 bits per heavy atom. The first kappa shape index (κ1) is 22.9. The summed E-state index contributed by atoms with van der Waals surface area (Å²) in [5.41, 5.74) is 1.08. The van der Waals surface area contributed by atoms with Crippen LogP contribution < -0.4 is 15.4 Å². The van der Waals surface area contributed by atoms with Gasteiger partial charge in [0.2, 0.25) is 5.88 Å². The van der Waals surface area contributed by atoms with Crippen molar-refractivity contribution in [2.45, 2.75) is 33.2 Å². The van der Waals surface area contributed by atoms with Crippen molar-refractivity contribution in [1.82, 2.24) is 15.6 Å². The molecule has 1 rings (SSSR count). The third-order valence-corrected chi connectivity index (χ3v) is 3.73. The normalized spacial score (nSPS) is 11.1. The third kappa shape index (κ3) is 9.27. The number of hydrogen-bond acceptors (Lipinski definition) is 4. The van der Waals surface area contributed by atoms with Gasteiger partial charge in [0, 0.05) is 39.5 Å². The summed E-state index contributed by atoms with van der Waals surface area (Å²) in [7, 11) is 3.43. The van der Waals surface area contributed by atoms with E-state index in [0.29, 0.717) is 31.6 Å². The predicted octanol–water partition coefficient (Wildman–Crippen LogP) is 2.83. The number of pyridine rings is 1. The number of rotatable bonds is 10. The Balaban J connectivity index is 0.00000529. The molecule has 0 fully saturated rings. The molecule has 0 atom stereocenters. The lowest BCUT2D eigenvalue weighted by Crippen LogP contribution is -2.39. The smallest absolute Gasteiger partial charge is 0.213 e. The Kier molecular flexibility index (Phi) is 13.6. The van der Waals surface area contributed by atoms with Crippen LogP contribution in [0.15, 0.2) is 23.3 Å². The van der Waals surface area contributed by atoms with Crippen LogP contribution in [0.5, 0.6) is 5.88 Å². The summed E-state index contributed by atoms with van der Waals surface area (Å²) in [6, 6.07) is 3.86. The standard InChI is InChI=1S/C17H30N4O2.HI/c1-5-14(6-2)11-20-17(18-3)21-13-15-7-8-16(19-12-15)23-10-9-22-4;/h7-8,12,14H,5-6,9-11,13H2,1-4H3,(H2,18,20,21);1H. The van der Waals surface area contributed by atoms with Gasteiger partial charge in [-0.05, 0) is 11.5 Å². The molecule has 0 amide bonds. The molecule has 1 aromatic heterocycles. The number of methoxy groups -OCH3 is 1. The number of ether oxygens (including phenoxy) is 2. The predicted molar refractivity (Wildman–Crippen MR) is 109 cm³/mol. The first-order chi connectivity index (χ1) is 11.2. The van der Waals surface area contributed by atoms with E-state index in [0.717, 1.165) is 18.1 Å². The molecular weight excluding hydrogens is 419 g/mol. The fourth-order valence-corrected chi connectivity index (χ4v) is 2.06. The second kappa shape index (κ2) is 14.3. The Hall–Kier alpha value is -1.09. The quantitative estimate of drug-likeness (QED) is 0.248. The van der Waals surface area contributed by atoms with Crippen LogP contribution in [0.1, 0.15) is 32.3 Å². The van der Waals surface area contributed by atoms with E-state index in [4.69, 9.17) is 9.47 Å². The molecule has 6 nitrogen and oxygen atoms in total. The highest BCUT2D eigenvalue weighted by Crippen LogP contribution is 2.07. The van der Waals surface area contributed by atoms with E-state index < -0.39 is 0 Å². The second-order valence-corrected chi connectivity index (χ2v) is 5.34. The summed E-state index contributed by atoms with van der Waals surface area (Å²) in [5, 5.41) is 6.67. The zero-order valence-corrected chi connectivity index (χ0v) is 17.5. The van der Waals surface area contributed by atoms with Crippen molar-refractivity contribution in [3.63, 3.8) is 0 Å². The van der Waals surface area contributed by atoms with Crippen LogP contribution in [0.4, 0.5) is 0 Å². The van der Waals surface area contributed by atoms with Gasteiger partial charge in [-0.25, -0.2) is 4.98 Å². The molecule has 0 radical (unpaired) electrons. The zero-order chi connectivity index (χ0) is 16.9. The van der Waals surface area contributed by atoms with Gasteiger partial charge in [0.25, 0.3) is 0 Å². The van der Waals surface area contributed by atoms with Crippen LogP contribution in [0.2, 0.25) is 0 Å². The average Bonchev–Trinajstić information content (AvgIpc) is 2.59. The number of hydrogen-bond donors (Lipinski definition) is 2. The van der Waals surface area contributed by atoms with Crippen molar-refractivity contribution in [2.75, 3.05) is 33.9 Å². The molecule has 0 aliphatic heterocycles. The molecule has 0 aliphatic rings. The SMILES string of the molecule is CCC(CC)CNC(=NC)NCc1ccc(OCCOC)nc1.I. The summed E-state index contributed by atoms with van der Waals surface area (Å²) < 4.78 is 10.4. The van der Waals surface area contributed by atoms with Gasteiger partial charge >= 0.3 is 0 Å². The van der Waals surface area contributed by atoms with E-state index in [2.05, 4.69) is 34.5 Å². The molecule has 1 aromatic rings. The van der Waals surface area contributed by atoms with Crippen molar-refractivity contribution < 1.29 is 9.47 Å². The van der Waals surface area contributed by atoms with E-state index in [1.807, 2.05) is 18.3 Å². The average molecular weight is 450 g/mol. The molecule has 0 bridgehead atoms. The molecule has 0 saturated carbocycles. The van der Waals surface area contributed by atoms with Crippen LogP contribution in [0.3, 0.4) is 0 Å². The van der Waals surface area contributed by atoms with Gasteiger partial charge < -0.3 is 20.1 Å². The molecule has 0 aromatic carbocycles. The highest BCUT2D eigenvalue weighted by atomic mass is 127. The van der Waals surface area contributed by atoms with Crippen molar-refractivity contribution in [3.8, 4) is 5.88 Å². The summed E-state index contributed by atoms with van der Waals surface area (Å²) in [5.74, 6) is 2.11. The maximum atomic E-state index is 5.45. The lowest BCUT2D eigenvalue weighted by molar-refractivity contribution is 0.143. The third-order valence-electron chi connectivity index (χ3n) is 3.73. The first-order valence-corrected chi connectivity index (χ1v) is 8.24. The van der Waals surface area contributed by atoms with E-state index in [1.165, 1.54) is 12.8 Å². The van der Waals surface area contributed by atoms with Crippen LogP contribution >= 0.6 is 24.0 Å². The van der Waals surface area contributed by atoms with E-state index in [9.17, 15) is 0 Å². The fourth-order valence-electron chi connectivity index (χ4n) is 2.06. The summed E-state index contributed by atoms with van der Waals surface area (Å²) in [6.07, 6.45) is 4.16. The maximum Gasteiger partial charge on any atom is 0.213 e. The van der Waals surface area contributed by atoms with E-state index in [-0.39, 0.29) is 24.0 Å². The van der Waals surface area contributed by atoms with Crippen molar-refractivity contribution in [2.24, 2.45) is 10.9 Å². The van der Waals surface area contributed by atoms with Gasteiger partial charge in [-0.15, -0.1) is 24.0 Å². The fraction of sp³-hybridized carbons (Fsp3) is 0.647. The number of guanidine groups is 1. The molecule has 0 spiro atoms. The maximum absolute atomic E-state index is 5.45. The molecule has 24 heavy (non-hydrogen) atoms. The minimum absolute atomic E-state index is 0. The number of nitrogens with one attached hydrogen (secondary N) is 2. The van der Waals surface area contributed by atoms with Gasteiger partial charge in [0.05, 0.1) is 6.61 Å². The monoisotopic (exact) mass is 450 g/mol. The highest BCUT2D eigenvalue weighted by Gasteiger charge is 2.05. The van der Waals surface area contributed by atoms with Gasteiger partial charge in [-0.1, -0.05) is 32.8 Å². The molecular formula is C17H31IN4O2. The van der Waals surface area contributed by atoms with Crippen LogP contribution in [0, 0.1) is 5.92 Å². The Bertz CT molecular complexity index is 450. The highest BCUT2D eigenvalue weighted by molar-refractivity contribution is 14.0. The Morgan fingerprint density at radius 1 is 1.21 bits per heavy atom. The lowest BCUT2D eigenvalue weighted by atomic mass is 10.0. The van der Waals surface area contributed by atoms with Crippen LogP contribution in [-0.4, -0.2) is 44.9 Å². The van der Waals surface area contributed by atoms with Gasteiger partial charge in [-0.3, -0.25) is 4.99 Å². The Labute approximate surface area is 162 Å². The summed E-state index contributed by atoms with van der Waals surface area (Å²) in [6.45, 7) is 7.12. The molecule has 7 heteroatoms. The van der Waals surface area contributed by atoms with Crippen LogP contribution in [0.25, 0.3) is 0 Å². The molecule has 0 saturated heterocycles. The van der Waals surface area contributed by atoms with E-state index in [1.54, 1.807) is 14.2 Å². The first-order valence-electron chi connectivity index (χ1n) is 8.24. The molecule has 0 unspecified atom stereocenters. The number of halogens is 1. The topological polar surface area (TPSA) is 67.8 Å². The van der Waals surface area contributed by atoms with Crippen molar-refractivity contribution in [3.05, 3.63) is 23.9 Å². The molecule has 0 aliphatic carbocycles. The summed E-state index contributed by atoms with van der Waals surface area (Å²) >= 11 is 0. The van der Waals surface area contributed by atoms with Gasteiger partial charge in [0.1, 0.15) is 6.61 Å². The lowest BCUT2D eigenvalue weighted by Gasteiger charge is -2.16. The van der Waals surface area contributed by atoms with Crippen molar-refractivity contribution >= 4 is 29.9 Å². The minimum atomic E-state index is 0. The van der Waals surface area contributed by atoms with E-state index >= 15 is 0 Å². The Morgan fingerprint density at radius 2 is 1.96 bits per heavy atom. The van der Waals surface area contributed by atoms with Gasteiger partial charge in [0.15, 0.2) is 5.96 Å². The zero-order valence-electron chi connectivity index (χ0n) is 15.2. The van der Waals surface area contributed by atoms with Crippen LogP contribution in [-0.2, 0) is 11.3 Å². The largest absolute Gasteiger partial charge is 0.475 e. The summed E-state index contributed by atoms with van der Waals surface area (Å²) in [4.78, 5) is 8.52. The molecule has 1 heterocycles.